The Morgan fingerprint density at radius 3 is 2.46 bits per heavy atom. The Balaban J connectivity index is 1.96. The number of H-pyrrole nitrogens is 1. The van der Waals surface area contributed by atoms with Crippen molar-refractivity contribution in [1.29, 1.82) is 0 Å². The van der Waals surface area contributed by atoms with E-state index >= 15 is 0 Å². The number of hydrogen-bond acceptors (Lipinski definition) is 3. The Labute approximate surface area is 147 Å². The van der Waals surface area contributed by atoms with Crippen LogP contribution in [-0.2, 0) is 0 Å². The molecule has 5 nitrogen and oxygen atoms in total. The molecule has 2 N–H and O–H groups in total. The number of halogens is 2. The van der Waals surface area contributed by atoms with E-state index in [2.05, 4.69) is 15.5 Å². The molecule has 0 radical (unpaired) electrons. The summed E-state index contributed by atoms with van der Waals surface area (Å²) in [4.78, 5) is 25.0. The fourth-order valence-electron chi connectivity index (χ4n) is 2.17. The molecule has 1 heterocycles. The first-order chi connectivity index (χ1) is 11.6. The van der Waals surface area contributed by atoms with Crippen molar-refractivity contribution in [2.45, 2.75) is 0 Å². The van der Waals surface area contributed by atoms with Gasteiger partial charge in [0.2, 0.25) is 0 Å². The molecular formula is C17H11Cl2N3O2. The number of amides is 1. The van der Waals surface area contributed by atoms with Crippen LogP contribution in [0.3, 0.4) is 0 Å². The number of anilines is 1. The quantitative estimate of drug-likeness (QED) is 0.685. The van der Waals surface area contributed by atoms with E-state index in [9.17, 15) is 9.59 Å². The Bertz CT molecular complexity index is 907. The third-order valence-corrected chi connectivity index (χ3v) is 3.85. The van der Waals surface area contributed by atoms with Gasteiger partial charge in [-0.1, -0.05) is 53.5 Å². The summed E-state index contributed by atoms with van der Waals surface area (Å²) in [6.07, 6.45) is 1.33. The van der Waals surface area contributed by atoms with Crippen molar-refractivity contribution in [1.82, 2.24) is 10.2 Å². The topological polar surface area (TPSA) is 74.8 Å². The van der Waals surface area contributed by atoms with Crippen LogP contribution in [0.1, 0.15) is 26.4 Å². The van der Waals surface area contributed by atoms with Crippen LogP contribution < -0.4 is 5.32 Å². The van der Waals surface area contributed by atoms with E-state index in [0.29, 0.717) is 16.3 Å². The van der Waals surface area contributed by atoms with Crippen molar-refractivity contribution in [3.63, 3.8) is 0 Å². The average molecular weight is 360 g/mol. The SMILES string of the molecule is O=C(c1ccccc1)c1cc(Cl)ccc1NC(=O)c1[nH]ncc1Cl. The molecule has 0 unspecified atom stereocenters. The summed E-state index contributed by atoms with van der Waals surface area (Å²) in [6, 6.07) is 13.4. The molecule has 2 aromatic carbocycles. The van der Waals surface area contributed by atoms with Crippen LogP contribution in [0.5, 0.6) is 0 Å². The van der Waals surface area contributed by atoms with Crippen molar-refractivity contribution in [3.05, 3.63) is 81.6 Å². The number of carbonyl (C=O) groups is 2. The highest BCUT2D eigenvalue weighted by atomic mass is 35.5. The number of nitrogens with zero attached hydrogens (tertiary/aromatic N) is 1. The fourth-order valence-corrected chi connectivity index (χ4v) is 2.52. The number of aromatic amines is 1. The van der Waals surface area contributed by atoms with Crippen molar-refractivity contribution in [3.8, 4) is 0 Å². The van der Waals surface area contributed by atoms with Gasteiger partial charge in [0.1, 0.15) is 5.69 Å². The molecule has 0 saturated carbocycles. The zero-order chi connectivity index (χ0) is 17.1. The van der Waals surface area contributed by atoms with Gasteiger partial charge in [-0.25, -0.2) is 0 Å². The second-order valence-electron chi connectivity index (χ2n) is 4.93. The standard InChI is InChI=1S/C17H11Cl2N3O2/c18-11-6-7-14(21-17(24)15-13(19)9-20-22-15)12(8-11)16(23)10-4-2-1-3-5-10/h1-9H,(H,20,22)(H,21,24). The van der Waals surface area contributed by atoms with Gasteiger partial charge in [-0.15, -0.1) is 0 Å². The predicted molar refractivity (Wildman–Crippen MR) is 92.9 cm³/mol. The molecule has 3 rings (SSSR count). The largest absolute Gasteiger partial charge is 0.320 e. The van der Waals surface area contributed by atoms with Gasteiger partial charge in [0.15, 0.2) is 5.78 Å². The third-order valence-electron chi connectivity index (χ3n) is 3.33. The van der Waals surface area contributed by atoms with Gasteiger partial charge >= 0.3 is 0 Å². The average Bonchev–Trinajstić information content (AvgIpc) is 3.02. The Morgan fingerprint density at radius 1 is 1.04 bits per heavy atom. The molecule has 0 atom stereocenters. The van der Waals surface area contributed by atoms with Gasteiger partial charge in [0, 0.05) is 16.1 Å². The lowest BCUT2D eigenvalue weighted by molar-refractivity contribution is 0.102. The van der Waals surface area contributed by atoms with E-state index in [1.807, 2.05) is 6.07 Å². The van der Waals surface area contributed by atoms with E-state index in [1.165, 1.54) is 12.3 Å². The summed E-state index contributed by atoms with van der Waals surface area (Å²) in [7, 11) is 0. The first-order valence-electron chi connectivity index (χ1n) is 6.96. The molecule has 0 saturated heterocycles. The molecule has 3 aromatic rings. The van der Waals surface area contributed by atoms with Crippen LogP contribution in [-0.4, -0.2) is 21.9 Å². The summed E-state index contributed by atoms with van der Waals surface area (Å²) in [6.45, 7) is 0. The van der Waals surface area contributed by atoms with Gasteiger partial charge in [-0.2, -0.15) is 5.10 Å². The van der Waals surface area contributed by atoms with Crippen molar-refractivity contribution >= 4 is 40.6 Å². The van der Waals surface area contributed by atoms with Gasteiger partial charge in [-0.05, 0) is 18.2 Å². The zero-order valence-electron chi connectivity index (χ0n) is 12.2. The molecule has 0 aliphatic rings. The number of benzene rings is 2. The van der Waals surface area contributed by atoms with E-state index < -0.39 is 5.91 Å². The van der Waals surface area contributed by atoms with Crippen molar-refractivity contribution in [2.75, 3.05) is 5.32 Å². The van der Waals surface area contributed by atoms with E-state index in [4.69, 9.17) is 23.2 Å². The smallest absolute Gasteiger partial charge is 0.275 e. The molecule has 0 aliphatic carbocycles. The lowest BCUT2D eigenvalue weighted by Gasteiger charge is -2.11. The summed E-state index contributed by atoms with van der Waals surface area (Å²) < 4.78 is 0. The van der Waals surface area contributed by atoms with Gasteiger partial charge in [0.25, 0.3) is 5.91 Å². The fraction of sp³-hybridized carbons (Fsp3) is 0. The highest BCUT2D eigenvalue weighted by Gasteiger charge is 2.18. The summed E-state index contributed by atoms with van der Waals surface area (Å²) in [5.41, 5.74) is 1.24. The maximum absolute atomic E-state index is 12.7. The van der Waals surface area contributed by atoms with E-state index in [-0.39, 0.29) is 22.1 Å². The number of rotatable bonds is 4. The highest BCUT2D eigenvalue weighted by Crippen LogP contribution is 2.25. The van der Waals surface area contributed by atoms with Gasteiger partial charge < -0.3 is 5.32 Å². The van der Waals surface area contributed by atoms with Crippen LogP contribution in [0.4, 0.5) is 5.69 Å². The van der Waals surface area contributed by atoms with Gasteiger partial charge in [-0.3, -0.25) is 14.7 Å². The molecule has 0 bridgehead atoms. The lowest BCUT2D eigenvalue weighted by Crippen LogP contribution is -2.16. The van der Waals surface area contributed by atoms with Crippen molar-refractivity contribution < 1.29 is 9.59 Å². The van der Waals surface area contributed by atoms with Crippen LogP contribution in [0, 0.1) is 0 Å². The summed E-state index contributed by atoms with van der Waals surface area (Å²) >= 11 is 11.9. The van der Waals surface area contributed by atoms with Gasteiger partial charge in [0.05, 0.1) is 16.9 Å². The molecule has 0 spiro atoms. The third kappa shape index (κ3) is 3.32. The second-order valence-corrected chi connectivity index (χ2v) is 5.78. The van der Waals surface area contributed by atoms with Crippen molar-refractivity contribution in [2.24, 2.45) is 0 Å². The number of nitrogens with one attached hydrogen (secondary N) is 2. The minimum absolute atomic E-state index is 0.115. The molecule has 1 aromatic heterocycles. The molecule has 0 aliphatic heterocycles. The number of carbonyl (C=O) groups excluding carboxylic acids is 2. The van der Waals surface area contributed by atoms with E-state index in [0.717, 1.165) is 0 Å². The second kappa shape index (κ2) is 6.86. The normalized spacial score (nSPS) is 10.4. The van der Waals surface area contributed by atoms with Crippen LogP contribution in [0.15, 0.2) is 54.7 Å². The number of aromatic nitrogens is 2. The monoisotopic (exact) mass is 359 g/mol. The molecule has 1 amide bonds. The molecular weight excluding hydrogens is 349 g/mol. The minimum atomic E-state index is -0.498. The zero-order valence-corrected chi connectivity index (χ0v) is 13.7. The molecule has 0 fully saturated rings. The lowest BCUT2D eigenvalue weighted by atomic mass is 10.0. The summed E-state index contributed by atoms with van der Waals surface area (Å²) in [5, 5.41) is 9.45. The Morgan fingerprint density at radius 2 is 1.79 bits per heavy atom. The molecule has 120 valence electrons. The number of hydrogen-bond donors (Lipinski definition) is 2. The maximum Gasteiger partial charge on any atom is 0.275 e. The predicted octanol–water partition coefficient (Wildman–Crippen LogP) is 4.20. The summed E-state index contributed by atoms with van der Waals surface area (Å²) in [5.74, 6) is -0.744. The Hall–Kier alpha value is -2.63. The molecule has 24 heavy (non-hydrogen) atoms. The first kappa shape index (κ1) is 16.2. The van der Waals surface area contributed by atoms with E-state index in [1.54, 1.807) is 36.4 Å². The highest BCUT2D eigenvalue weighted by molar-refractivity contribution is 6.34. The number of ketones is 1. The Kier molecular flexibility index (Phi) is 4.64. The minimum Gasteiger partial charge on any atom is -0.320 e. The van der Waals surface area contributed by atoms with Crippen LogP contribution >= 0.6 is 23.2 Å². The maximum atomic E-state index is 12.7. The van der Waals surface area contributed by atoms with Crippen LogP contribution in [0.25, 0.3) is 0 Å². The first-order valence-corrected chi connectivity index (χ1v) is 7.71. The molecule has 7 heteroatoms. The van der Waals surface area contributed by atoms with Crippen LogP contribution in [0.2, 0.25) is 10.0 Å².